The number of thioether (sulfide) groups is 1. The lowest BCUT2D eigenvalue weighted by Crippen LogP contribution is -1.88. The predicted molar refractivity (Wildman–Crippen MR) is 38.0 cm³/mol. The summed E-state index contributed by atoms with van der Waals surface area (Å²) in [6, 6.07) is 0. The van der Waals surface area contributed by atoms with E-state index in [9.17, 15) is 4.79 Å². The summed E-state index contributed by atoms with van der Waals surface area (Å²) in [6.07, 6.45) is 1.94. The Balaban J connectivity index is 3.80. The Labute approximate surface area is 54.2 Å². The van der Waals surface area contributed by atoms with E-state index in [1.807, 2.05) is 18.6 Å². The smallest absolute Gasteiger partial charge is 0.156 e. The second-order valence-corrected chi connectivity index (χ2v) is 2.30. The topological polar surface area (TPSA) is 17.1 Å². The Kier molecular flexibility index (Phi) is 3.61. The van der Waals surface area contributed by atoms with Crippen LogP contribution in [0.15, 0.2) is 11.0 Å². The first-order valence-corrected chi connectivity index (χ1v) is 3.67. The first-order valence-electron chi connectivity index (χ1n) is 2.39. The van der Waals surface area contributed by atoms with Crippen LogP contribution in [-0.2, 0) is 4.79 Å². The van der Waals surface area contributed by atoms with Crippen molar-refractivity contribution in [1.29, 1.82) is 0 Å². The van der Waals surface area contributed by atoms with Gasteiger partial charge in [-0.25, -0.2) is 0 Å². The van der Waals surface area contributed by atoms with Gasteiger partial charge >= 0.3 is 0 Å². The largest absolute Gasteiger partial charge is 0.295 e. The lowest BCUT2D eigenvalue weighted by atomic mass is 10.2. The minimum absolute atomic E-state index is 0.152. The number of hydrogen-bond acceptors (Lipinski definition) is 2. The van der Waals surface area contributed by atoms with E-state index in [1.165, 1.54) is 0 Å². The highest BCUT2D eigenvalue weighted by molar-refractivity contribution is 8.01. The molecule has 1 nitrogen and oxygen atoms in total. The lowest BCUT2D eigenvalue weighted by Gasteiger charge is -1.88. The number of rotatable bonds is 2. The molecule has 2 heteroatoms. The van der Waals surface area contributed by atoms with E-state index in [-0.39, 0.29) is 5.78 Å². The number of allylic oxidation sites excluding steroid dienone is 1. The molecule has 0 N–H and O–H groups in total. The number of Topliss-reactive ketones (excluding diaryl/α,β-unsaturated/α-hetero) is 1. The van der Waals surface area contributed by atoms with Gasteiger partial charge in [0.15, 0.2) is 5.78 Å². The highest BCUT2D eigenvalue weighted by Crippen LogP contribution is 2.01. The van der Waals surface area contributed by atoms with E-state index in [0.717, 1.165) is 5.57 Å². The maximum atomic E-state index is 10.5. The van der Waals surface area contributed by atoms with Gasteiger partial charge in [-0.1, -0.05) is 0 Å². The maximum absolute atomic E-state index is 10.5. The van der Waals surface area contributed by atoms with Gasteiger partial charge in [-0.2, -0.15) is 0 Å². The molecule has 8 heavy (non-hydrogen) atoms. The molecular weight excluding hydrogens is 120 g/mol. The summed E-state index contributed by atoms with van der Waals surface area (Å²) in [5.74, 6) is 0.152. The van der Waals surface area contributed by atoms with Crippen molar-refractivity contribution >= 4 is 17.5 Å². The second-order valence-electron chi connectivity index (χ2n) is 1.59. The zero-order valence-corrected chi connectivity index (χ0v) is 6.21. The van der Waals surface area contributed by atoms with Crippen molar-refractivity contribution in [2.24, 2.45) is 0 Å². The van der Waals surface area contributed by atoms with Gasteiger partial charge < -0.3 is 0 Å². The fourth-order valence-electron chi connectivity index (χ4n) is 0.260. The van der Waals surface area contributed by atoms with Crippen molar-refractivity contribution in [2.75, 3.05) is 6.26 Å². The molecule has 0 atom stereocenters. The SMILES string of the molecule is CS/C=C(\C)C(C)=O. The first kappa shape index (κ1) is 7.76. The summed E-state index contributed by atoms with van der Waals surface area (Å²) in [6.45, 7) is 3.39. The molecule has 0 aliphatic heterocycles. The van der Waals surface area contributed by atoms with Crippen LogP contribution in [-0.4, -0.2) is 12.0 Å². The third kappa shape index (κ3) is 2.86. The van der Waals surface area contributed by atoms with Gasteiger partial charge in [0.2, 0.25) is 0 Å². The van der Waals surface area contributed by atoms with Gasteiger partial charge in [-0.3, -0.25) is 4.79 Å². The van der Waals surface area contributed by atoms with Crippen LogP contribution in [0.25, 0.3) is 0 Å². The Morgan fingerprint density at radius 3 is 2.12 bits per heavy atom. The van der Waals surface area contributed by atoms with Crippen molar-refractivity contribution in [3.63, 3.8) is 0 Å². The Morgan fingerprint density at radius 1 is 1.50 bits per heavy atom. The van der Waals surface area contributed by atoms with Gasteiger partial charge in [0, 0.05) is 0 Å². The van der Waals surface area contributed by atoms with Gasteiger partial charge in [0.05, 0.1) is 0 Å². The average Bonchev–Trinajstić information content (AvgIpc) is 1.67. The average molecular weight is 130 g/mol. The second kappa shape index (κ2) is 3.72. The Morgan fingerprint density at radius 2 is 2.00 bits per heavy atom. The number of carbonyl (C=O) groups excluding carboxylic acids is 1. The third-order valence-electron chi connectivity index (χ3n) is 0.850. The summed E-state index contributed by atoms with van der Waals surface area (Å²) in [4.78, 5) is 10.5. The number of carbonyl (C=O) groups is 1. The van der Waals surface area contributed by atoms with Gasteiger partial charge in [-0.15, -0.1) is 11.8 Å². The van der Waals surface area contributed by atoms with Crippen molar-refractivity contribution in [3.05, 3.63) is 11.0 Å². The van der Waals surface area contributed by atoms with Gasteiger partial charge in [0.25, 0.3) is 0 Å². The summed E-state index contributed by atoms with van der Waals surface area (Å²) < 4.78 is 0. The number of hydrogen-bond donors (Lipinski definition) is 0. The molecule has 0 spiro atoms. The van der Waals surface area contributed by atoms with Crippen LogP contribution in [0.3, 0.4) is 0 Å². The minimum atomic E-state index is 0.152. The molecule has 0 aliphatic carbocycles. The predicted octanol–water partition coefficient (Wildman–Crippen LogP) is 1.84. The van der Waals surface area contributed by atoms with Crippen LogP contribution < -0.4 is 0 Å². The van der Waals surface area contributed by atoms with E-state index in [1.54, 1.807) is 18.7 Å². The molecule has 0 radical (unpaired) electrons. The molecule has 0 amide bonds. The maximum Gasteiger partial charge on any atom is 0.156 e. The molecule has 0 saturated carbocycles. The Hall–Kier alpha value is -0.240. The molecule has 0 rings (SSSR count). The molecule has 0 aromatic heterocycles. The van der Waals surface area contributed by atoms with Crippen LogP contribution in [0.2, 0.25) is 0 Å². The summed E-state index contributed by atoms with van der Waals surface area (Å²) in [5.41, 5.74) is 0.831. The number of ketones is 1. The molecule has 0 aromatic carbocycles. The van der Waals surface area contributed by atoms with Gasteiger partial charge in [0.1, 0.15) is 0 Å². The highest BCUT2D eigenvalue weighted by Gasteiger charge is 1.91. The normalized spacial score (nSPS) is 11.6. The summed E-state index contributed by atoms with van der Waals surface area (Å²) in [7, 11) is 0. The summed E-state index contributed by atoms with van der Waals surface area (Å²) in [5, 5.41) is 1.85. The van der Waals surface area contributed by atoms with Crippen LogP contribution in [0.5, 0.6) is 0 Å². The van der Waals surface area contributed by atoms with Gasteiger partial charge in [-0.05, 0) is 31.1 Å². The van der Waals surface area contributed by atoms with Crippen molar-refractivity contribution in [2.45, 2.75) is 13.8 Å². The molecule has 0 heterocycles. The van der Waals surface area contributed by atoms with E-state index in [0.29, 0.717) is 0 Å². The molecule has 0 aliphatic rings. The lowest BCUT2D eigenvalue weighted by molar-refractivity contribution is -0.113. The molecule has 0 unspecified atom stereocenters. The van der Waals surface area contributed by atoms with E-state index >= 15 is 0 Å². The zero-order chi connectivity index (χ0) is 6.57. The van der Waals surface area contributed by atoms with Crippen molar-refractivity contribution in [1.82, 2.24) is 0 Å². The van der Waals surface area contributed by atoms with Crippen molar-refractivity contribution < 1.29 is 4.79 Å². The van der Waals surface area contributed by atoms with E-state index < -0.39 is 0 Å². The standard InChI is InChI=1S/C6H10OS/c1-5(4-8-3)6(2)7/h4H,1-3H3/b5-4+. The quantitative estimate of drug-likeness (QED) is 0.530. The molecule has 0 bridgehead atoms. The van der Waals surface area contributed by atoms with E-state index in [2.05, 4.69) is 0 Å². The fourth-order valence-corrected chi connectivity index (χ4v) is 0.779. The van der Waals surface area contributed by atoms with Crippen LogP contribution >= 0.6 is 11.8 Å². The monoisotopic (exact) mass is 130 g/mol. The molecule has 0 saturated heterocycles. The van der Waals surface area contributed by atoms with Crippen LogP contribution in [0.4, 0.5) is 0 Å². The first-order chi connectivity index (χ1) is 3.68. The van der Waals surface area contributed by atoms with Crippen LogP contribution in [0, 0.1) is 0 Å². The highest BCUT2D eigenvalue weighted by atomic mass is 32.2. The third-order valence-corrected chi connectivity index (χ3v) is 1.44. The summed E-state index contributed by atoms with van der Waals surface area (Å²) >= 11 is 1.56. The molecular formula is C6H10OS. The zero-order valence-electron chi connectivity index (χ0n) is 5.39. The molecule has 0 fully saturated rings. The van der Waals surface area contributed by atoms with Crippen molar-refractivity contribution in [3.8, 4) is 0 Å². The van der Waals surface area contributed by atoms with E-state index in [4.69, 9.17) is 0 Å². The Bertz CT molecular complexity index is 116. The molecule has 46 valence electrons. The molecule has 0 aromatic rings. The van der Waals surface area contributed by atoms with Crippen LogP contribution in [0.1, 0.15) is 13.8 Å². The minimum Gasteiger partial charge on any atom is -0.295 e. The fraction of sp³-hybridized carbons (Fsp3) is 0.500.